The summed E-state index contributed by atoms with van der Waals surface area (Å²) in [5, 5.41) is 3.45. The molecule has 1 saturated heterocycles. The van der Waals surface area contributed by atoms with Crippen LogP contribution in [0, 0.1) is 29.4 Å². The largest absolute Gasteiger partial charge is 0.352 e. The molecule has 1 heterocycles. The Labute approximate surface area is 231 Å². The van der Waals surface area contributed by atoms with Gasteiger partial charge in [-0.05, 0) is 90.9 Å². The van der Waals surface area contributed by atoms with Gasteiger partial charge in [0.25, 0.3) is 0 Å². The predicted molar refractivity (Wildman–Crippen MR) is 152 cm³/mol. The maximum atomic E-state index is 13.6. The summed E-state index contributed by atoms with van der Waals surface area (Å²) in [5.74, 6) is 1.01. The van der Waals surface area contributed by atoms with Crippen molar-refractivity contribution in [3.63, 3.8) is 0 Å². The summed E-state index contributed by atoms with van der Waals surface area (Å²) >= 11 is 0. The summed E-state index contributed by atoms with van der Waals surface area (Å²) in [6, 6.07) is 23.8. The van der Waals surface area contributed by atoms with Crippen molar-refractivity contribution < 1.29 is 13.6 Å². The van der Waals surface area contributed by atoms with E-state index < -0.39 is 0 Å². The first-order valence-corrected chi connectivity index (χ1v) is 14.5. The number of rotatable bonds is 10. The fraction of sp³-hybridized carbons (Fsp3) is 0.441. The van der Waals surface area contributed by atoms with Crippen LogP contribution in [0.3, 0.4) is 0 Å². The second-order valence-electron chi connectivity index (χ2n) is 11.8. The van der Waals surface area contributed by atoms with E-state index in [1.54, 1.807) is 0 Å². The first kappa shape index (κ1) is 27.5. The molecule has 0 aromatic heterocycles. The molecular weight excluding hydrogens is 490 g/mol. The molecule has 1 aliphatic heterocycles. The molecule has 5 rings (SSSR count). The van der Waals surface area contributed by atoms with Gasteiger partial charge < -0.3 is 10.2 Å². The van der Waals surface area contributed by atoms with E-state index in [0.29, 0.717) is 11.8 Å². The van der Waals surface area contributed by atoms with E-state index in [2.05, 4.69) is 36.2 Å². The first-order chi connectivity index (χ1) is 18.9. The fourth-order valence-electron chi connectivity index (χ4n) is 6.93. The third kappa shape index (κ3) is 6.58. The molecule has 3 aromatic rings. The van der Waals surface area contributed by atoms with Gasteiger partial charge in [0.15, 0.2) is 0 Å². The normalized spacial score (nSPS) is 21.8. The van der Waals surface area contributed by atoms with Crippen LogP contribution in [-0.4, -0.2) is 36.5 Å². The number of amides is 1. The van der Waals surface area contributed by atoms with Gasteiger partial charge in [-0.15, -0.1) is 0 Å². The second-order valence-corrected chi connectivity index (χ2v) is 11.8. The van der Waals surface area contributed by atoms with E-state index in [-0.39, 0.29) is 41.3 Å². The van der Waals surface area contributed by atoms with Crippen LogP contribution in [0.2, 0.25) is 0 Å². The molecule has 1 saturated carbocycles. The molecule has 3 aromatic carbocycles. The van der Waals surface area contributed by atoms with Gasteiger partial charge in [0, 0.05) is 25.0 Å². The molecule has 39 heavy (non-hydrogen) atoms. The van der Waals surface area contributed by atoms with Gasteiger partial charge in [-0.2, -0.15) is 0 Å². The zero-order valence-electron chi connectivity index (χ0n) is 23.0. The van der Waals surface area contributed by atoms with Crippen LogP contribution in [0.5, 0.6) is 0 Å². The number of hydrogen-bond acceptors (Lipinski definition) is 2. The lowest BCUT2D eigenvalue weighted by atomic mass is 9.87. The van der Waals surface area contributed by atoms with Crippen molar-refractivity contribution in [2.45, 2.75) is 57.4 Å². The Morgan fingerprint density at radius 1 is 0.846 bits per heavy atom. The molecular formula is C34H40F2N2O. The van der Waals surface area contributed by atoms with Crippen LogP contribution in [-0.2, 0) is 4.79 Å². The van der Waals surface area contributed by atoms with Crippen molar-refractivity contribution in [3.8, 4) is 0 Å². The van der Waals surface area contributed by atoms with Gasteiger partial charge in [-0.1, -0.05) is 68.4 Å². The van der Waals surface area contributed by atoms with Crippen molar-refractivity contribution >= 4 is 5.91 Å². The molecule has 1 amide bonds. The summed E-state index contributed by atoms with van der Waals surface area (Å²) in [5.41, 5.74) is 3.20. The maximum Gasteiger partial charge on any atom is 0.228 e. The van der Waals surface area contributed by atoms with Crippen LogP contribution < -0.4 is 5.32 Å². The molecule has 0 spiro atoms. The Morgan fingerprint density at radius 2 is 1.46 bits per heavy atom. The minimum atomic E-state index is -0.245. The quantitative estimate of drug-likeness (QED) is 0.302. The van der Waals surface area contributed by atoms with Crippen LogP contribution in [0.25, 0.3) is 0 Å². The van der Waals surface area contributed by atoms with Crippen LogP contribution in [0.15, 0.2) is 78.9 Å². The monoisotopic (exact) mass is 530 g/mol. The van der Waals surface area contributed by atoms with E-state index in [0.717, 1.165) is 62.0 Å². The van der Waals surface area contributed by atoms with Gasteiger partial charge >= 0.3 is 0 Å². The minimum Gasteiger partial charge on any atom is -0.352 e. The van der Waals surface area contributed by atoms with E-state index in [4.69, 9.17) is 0 Å². The maximum absolute atomic E-state index is 13.6. The summed E-state index contributed by atoms with van der Waals surface area (Å²) in [7, 11) is 0. The predicted octanol–water partition coefficient (Wildman–Crippen LogP) is 7.14. The number of nitrogens with one attached hydrogen (secondary N) is 1. The number of benzene rings is 3. The molecule has 3 nitrogen and oxygen atoms in total. The van der Waals surface area contributed by atoms with Crippen LogP contribution >= 0.6 is 0 Å². The van der Waals surface area contributed by atoms with Crippen molar-refractivity contribution in [3.05, 3.63) is 107 Å². The number of nitrogens with zero attached hydrogens (tertiary/aromatic N) is 1. The van der Waals surface area contributed by atoms with Gasteiger partial charge in [-0.3, -0.25) is 4.79 Å². The Bertz CT molecular complexity index is 1170. The standard InChI is InChI=1S/C34H40F2N2O/c1-23(2)33(26-7-4-3-5-8-26)34(39)37-32-19-14-27-21-38(22-31(27)32)20-6-9-30(24-10-15-28(35)16-11-24)25-12-17-29(36)18-13-25/h3-5,7-8,10-13,15-18,23,27,30-33H,6,9,14,19-22H2,1-2H3,(H,37,39)/t27?,31-,32?,33?/m0/s1. The average Bonchev–Trinajstić information content (AvgIpc) is 3.50. The van der Waals surface area contributed by atoms with E-state index in [9.17, 15) is 13.6 Å². The lowest BCUT2D eigenvalue weighted by Gasteiger charge is -2.26. The lowest BCUT2D eigenvalue weighted by Crippen LogP contribution is -2.43. The van der Waals surface area contributed by atoms with Gasteiger partial charge in [-0.25, -0.2) is 8.78 Å². The number of carbonyl (C=O) groups is 1. The molecule has 0 bridgehead atoms. The molecule has 1 N–H and O–H groups in total. The molecule has 5 heteroatoms. The summed E-state index contributed by atoms with van der Waals surface area (Å²) in [4.78, 5) is 16.0. The second kappa shape index (κ2) is 12.4. The lowest BCUT2D eigenvalue weighted by molar-refractivity contribution is -0.124. The highest BCUT2D eigenvalue weighted by atomic mass is 19.1. The van der Waals surface area contributed by atoms with Crippen molar-refractivity contribution in [2.24, 2.45) is 17.8 Å². The van der Waals surface area contributed by atoms with Gasteiger partial charge in [0.1, 0.15) is 11.6 Å². The molecule has 3 unspecified atom stereocenters. The van der Waals surface area contributed by atoms with Crippen LogP contribution in [0.4, 0.5) is 8.78 Å². The molecule has 1 aliphatic carbocycles. The summed E-state index contributed by atoms with van der Waals surface area (Å²) < 4.78 is 27.1. The topological polar surface area (TPSA) is 32.3 Å². The summed E-state index contributed by atoms with van der Waals surface area (Å²) in [6.45, 7) is 7.34. The SMILES string of the molecule is CC(C)C(C(=O)NC1CCC2CN(CCCC(c3ccc(F)cc3)c3ccc(F)cc3)C[C@@H]21)c1ccccc1. The number of fused-ring (bicyclic) bond motifs is 1. The number of likely N-dealkylation sites (tertiary alicyclic amines) is 1. The van der Waals surface area contributed by atoms with Gasteiger partial charge in [0.2, 0.25) is 5.91 Å². The van der Waals surface area contributed by atoms with E-state index in [1.807, 2.05) is 42.5 Å². The Hall–Kier alpha value is -3.05. The first-order valence-electron chi connectivity index (χ1n) is 14.5. The number of hydrogen-bond donors (Lipinski definition) is 1. The molecule has 4 atom stereocenters. The number of carbonyl (C=O) groups excluding carboxylic acids is 1. The Kier molecular flexibility index (Phi) is 8.76. The van der Waals surface area contributed by atoms with Crippen molar-refractivity contribution in [2.75, 3.05) is 19.6 Å². The van der Waals surface area contributed by atoms with Gasteiger partial charge in [0.05, 0.1) is 5.92 Å². The van der Waals surface area contributed by atoms with Crippen molar-refractivity contribution in [1.29, 1.82) is 0 Å². The highest BCUT2D eigenvalue weighted by molar-refractivity contribution is 5.84. The smallest absolute Gasteiger partial charge is 0.228 e. The Morgan fingerprint density at radius 3 is 2.05 bits per heavy atom. The summed E-state index contributed by atoms with van der Waals surface area (Å²) in [6.07, 6.45) is 4.14. The third-order valence-electron chi connectivity index (χ3n) is 8.88. The Balaban J connectivity index is 1.18. The van der Waals surface area contributed by atoms with E-state index >= 15 is 0 Å². The molecule has 206 valence electrons. The highest BCUT2D eigenvalue weighted by Gasteiger charge is 2.43. The minimum absolute atomic E-state index is 0.103. The number of halogens is 2. The fourth-order valence-corrected chi connectivity index (χ4v) is 6.93. The molecule has 0 radical (unpaired) electrons. The highest BCUT2D eigenvalue weighted by Crippen LogP contribution is 2.39. The average molecular weight is 531 g/mol. The van der Waals surface area contributed by atoms with Crippen molar-refractivity contribution in [1.82, 2.24) is 10.2 Å². The third-order valence-corrected chi connectivity index (χ3v) is 8.88. The zero-order valence-corrected chi connectivity index (χ0v) is 23.0. The zero-order chi connectivity index (χ0) is 27.4. The van der Waals surface area contributed by atoms with E-state index in [1.165, 1.54) is 24.3 Å². The molecule has 2 aliphatic rings. The van der Waals surface area contributed by atoms with Crippen LogP contribution in [0.1, 0.15) is 68.1 Å². The molecule has 2 fully saturated rings.